The fraction of sp³-hybridized carbons (Fsp3) is 0.375. The van der Waals surface area contributed by atoms with Crippen molar-refractivity contribution >= 4 is 11.6 Å². The lowest BCUT2D eigenvalue weighted by Crippen LogP contribution is -2.23. The molecule has 0 N–H and O–H groups in total. The predicted molar refractivity (Wildman–Crippen MR) is 107 cm³/mol. The van der Waals surface area contributed by atoms with Gasteiger partial charge < -0.3 is 0 Å². The highest BCUT2D eigenvalue weighted by molar-refractivity contribution is 5.87. The monoisotopic (exact) mass is 359 g/mol. The smallest absolute Gasteiger partial charge is 0.134 e. The molecule has 0 fully saturated rings. The Balaban J connectivity index is 2.30. The van der Waals surface area contributed by atoms with E-state index in [1.165, 1.54) is 5.56 Å². The number of ketones is 2. The molecule has 0 atom stereocenters. The number of fused-ring (bicyclic) bond motifs is 3. The Labute approximate surface area is 161 Å². The van der Waals surface area contributed by atoms with Crippen molar-refractivity contribution in [1.29, 1.82) is 5.26 Å². The Morgan fingerprint density at radius 2 is 1.52 bits per heavy atom. The van der Waals surface area contributed by atoms with Crippen LogP contribution in [0.25, 0.3) is 11.1 Å². The van der Waals surface area contributed by atoms with Crippen molar-refractivity contribution in [3.8, 4) is 17.2 Å². The second-order valence-corrected chi connectivity index (χ2v) is 7.60. The second kappa shape index (κ2) is 7.12. The van der Waals surface area contributed by atoms with E-state index in [2.05, 4.69) is 38.1 Å². The van der Waals surface area contributed by atoms with Gasteiger partial charge in [0.15, 0.2) is 0 Å². The summed E-state index contributed by atoms with van der Waals surface area (Å²) in [5, 5.41) is 9.80. The fourth-order valence-corrected chi connectivity index (χ4v) is 4.61. The lowest BCUT2D eigenvalue weighted by molar-refractivity contribution is -0.117. The summed E-state index contributed by atoms with van der Waals surface area (Å²) in [7, 11) is 0. The number of nitriles is 1. The third-order valence-corrected chi connectivity index (χ3v) is 5.82. The summed E-state index contributed by atoms with van der Waals surface area (Å²) in [5.74, 6) is 0.238. The molecule has 138 valence electrons. The van der Waals surface area contributed by atoms with Crippen molar-refractivity contribution in [2.24, 2.45) is 0 Å². The van der Waals surface area contributed by atoms with E-state index < -0.39 is 0 Å². The normalized spacial score (nSPS) is 13.6. The van der Waals surface area contributed by atoms with Gasteiger partial charge >= 0.3 is 0 Å². The molecule has 3 rings (SSSR count). The molecule has 2 aromatic rings. The van der Waals surface area contributed by atoms with Crippen LogP contribution in [0, 0.1) is 11.3 Å². The van der Waals surface area contributed by atoms with Gasteiger partial charge in [-0.25, -0.2) is 0 Å². The van der Waals surface area contributed by atoms with Gasteiger partial charge in [0.25, 0.3) is 0 Å². The van der Waals surface area contributed by atoms with Gasteiger partial charge in [-0.2, -0.15) is 5.26 Å². The van der Waals surface area contributed by atoms with Gasteiger partial charge in [0.2, 0.25) is 0 Å². The molecule has 27 heavy (non-hydrogen) atoms. The lowest BCUT2D eigenvalue weighted by Gasteiger charge is -2.30. The van der Waals surface area contributed by atoms with Crippen LogP contribution >= 0.6 is 0 Å². The molecule has 0 spiro atoms. The van der Waals surface area contributed by atoms with Crippen LogP contribution in [-0.2, 0) is 27.8 Å². The van der Waals surface area contributed by atoms with E-state index >= 15 is 0 Å². The summed E-state index contributed by atoms with van der Waals surface area (Å²) in [5.41, 5.74) is 6.81. The number of hydrogen-bond donors (Lipinski definition) is 0. The largest absolute Gasteiger partial charge is 0.300 e. The average molecular weight is 359 g/mol. The molecule has 0 aliphatic heterocycles. The first-order valence-electron chi connectivity index (χ1n) is 9.56. The SMILES string of the molecule is CCC1(CC)c2cc(CC(C)=O)ccc2-c2c(C#N)cc(CC(C)=O)cc21. The molecule has 0 saturated carbocycles. The van der Waals surface area contributed by atoms with Gasteiger partial charge in [0.05, 0.1) is 11.6 Å². The van der Waals surface area contributed by atoms with Crippen LogP contribution < -0.4 is 0 Å². The van der Waals surface area contributed by atoms with E-state index in [9.17, 15) is 14.9 Å². The number of Topliss-reactive ketones (excluding diaryl/α,β-unsaturated/α-hetero) is 2. The van der Waals surface area contributed by atoms with Gasteiger partial charge in [-0.3, -0.25) is 9.59 Å². The summed E-state index contributed by atoms with van der Waals surface area (Å²) in [4.78, 5) is 23.3. The van der Waals surface area contributed by atoms with Crippen molar-refractivity contribution < 1.29 is 9.59 Å². The fourth-order valence-electron chi connectivity index (χ4n) is 4.61. The van der Waals surface area contributed by atoms with Crippen LogP contribution in [0.3, 0.4) is 0 Å². The Morgan fingerprint density at radius 1 is 0.926 bits per heavy atom. The third-order valence-electron chi connectivity index (χ3n) is 5.82. The molecule has 0 saturated heterocycles. The predicted octanol–water partition coefficient (Wildman–Crippen LogP) is 4.91. The average Bonchev–Trinajstić information content (AvgIpc) is 2.89. The topological polar surface area (TPSA) is 57.9 Å². The third kappa shape index (κ3) is 3.10. The molecule has 0 radical (unpaired) electrons. The minimum Gasteiger partial charge on any atom is -0.300 e. The zero-order chi connectivity index (χ0) is 19.8. The number of benzene rings is 2. The molecule has 1 aliphatic carbocycles. The molecule has 0 bridgehead atoms. The Kier molecular flexibility index (Phi) is 5.02. The maximum atomic E-state index is 11.7. The highest BCUT2D eigenvalue weighted by Gasteiger charge is 2.42. The van der Waals surface area contributed by atoms with E-state index in [1.807, 2.05) is 12.1 Å². The van der Waals surface area contributed by atoms with Crippen LogP contribution in [0.15, 0.2) is 30.3 Å². The highest BCUT2D eigenvalue weighted by Crippen LogP contribution is 2.54. The second-order valence-electron chi connectivity index (χ2n) is 7.60. The van der Waals surface area contributed by atoms with Gasteiger partial charge in [0, 0.05) is 23.8 Å². The summed E-state index contributed by atoms with van der Waals surface area (Å²) in [6, 6.07) is 12.5. The molecule has 0 aromatic heterocycles. The van der Waals surface area contributed by atoms with Crippen molar-refractivity contribution in [3.05, 3.63) is 58.1 Å². The molecule has 2 aromatic carbocycles. The first-order chi connectivity index (χ1) is 12.9. The van der Waals surface area contributed by atoms with Gasteiger partial charge in [-0.15, -0.1) is 0 Å². The van der Waals surface area contributed by atoms with Crippen LogP contribution in [0.4, 0.5) is 0 Å². The first-order valence-corrected chi connectivity index (χ1v) is 9.56. The van der Waals surface area contributed by atoms with Gasteiger partial charge in [0.1, 0.15) is 11.6 Å². The zero-order valence-electron chi connectivity index (χ0n) is 16.5. The number of nitrogens with zero attached hydrogens (tertiary/aromatic N) is 1. The van der Waals surface area contributed by atoms with Crippen molar-refractivity contribution in [1.82, 2.24) is 0 Å². The summed E-state index contributed by atoms with van der Waals surface area (Å²) >= 11 is 0. The number of carbonyl (C=O) groups excluding carboxylic acids is 2. The van der Waals surface area contributed by atoms with Crippen molar-refractivity contribution in [2.75, 3.05) is 0 Å². The molecule has 0 heterocycles. The Hall–Kier alpha value is -2.73. The van der Waals surface area contributed by atoms with Gasteiger partial charge in [-0.05, 0) is 60.6 Å². The minimum atomic E-state index is -0.185. The maximum Gasteiger partial charge on any atom is 0.134 e. The van der Waals surface area contributed by atoms with Gasteiger partial charge in [-0.1, -0.05) is 38.1 Å². The molecule has 1 aliphatic rings. The van der Waals surface area contributed by atoms with Crippen LogP contribution in [0.1, 0.15) is 68.4 Å². The summed E-state index contributed by atoms with van der Waals surface area (Å²) in [6.45, 7) is 7.53. The molecule has 0 unspecified atom stereocenters. The Bertz CT molecular complexity index is 975. The van der Waals surface area contributed by atoms with E-state index in [0.29, 0.717) is 18.4 Å². The first kappa shape index (κ1) is 19.0. The molecule has 3 heteroatoms. The quantitative estimate of drug-likeness (QED) is 0.736. The summed E-state index contributed by atoms with van der Waals surface area (Å²) < 4.78 is 0. The lowest BCUT2D eigenvalue weighted by atomic mass is 9.73. The molecule has 0 amide bonds. The van der Waals surface area contributed by atoms with Crippen molar-refractivity contribution in [2.45, 2.75) is 58.8 Å². The van der Waals surface area contributed by atoms with Crippen LogP contribution in [-0.4, -0.2) is 11.6 Å². The van der Waals surface area contributed by atoms with E-state index in [-0.39, 0.29) is 17.0 Å². The highest BCUT2D eigenvalue weighted by atomic mass is 16.1. The summed E-state index contributed by atoms with van der Waals surface area (Å²) in [6.07, 6.45) is 2.58. The van der Waals surface area contributed by atoms with E-state index in [4.69, 9.17) is 0 Å². The molecular formula is C24H25NO2. The van der Waals surface area contributed by atoms with Crippen LogP contribution in [0.2, 0.25) is 0 Å². The number of carbonyl (C=O) groups is 2. The maximum absolute atomic E-state index is 11.7. The van der Waals surface area contributed by atoms with Crippen LogP contribution in [0.5, 0.6) is 0 Å². The number of rotatable bonds is 6. The molecular weight excluding hydrogens is 334 g/mol. The van der Waals surface area contributed by atoms with E-state index in [1.54, 1.807) is 13.8 Å². The number of hydrogen-bond acceptors (Lipinski definition) is 3. The molecule has 3 nitrogen and oxygen atoms in total. The minimum absolute atomic E-state index is 0.0942. The van der Waals surface area contributed by atoms with Crippen molar-refractivity contribution in [3.63, 3.8) is 0 Å². The van der Waals surface area contributed by atoms with E-state index in [0.717, 1.165) is 40.7 Å². The standard InChI is InChI=1S/C24H25NO2/c1-5-24(6-2)21-12-17(9-15(3)26)7-8-20(21)23-19(14-25)11-18(10-16(4)27)13-22(23)24/h7-8,11-13H,5-6,9-10H2,1-4H3. The zero-order valence-corrected chi connectivity index (χ0v) is 16.5. The Morgan fingerprint density at radius 3 is 2.07 bits per heavy atom.